The standard InChI is InChI=1S/C43H31N3/c1-28-13-17-30(18-14-28)31-19-23-42-37(26-31)35-9-4-6-12-40(35)46(42)39-11-5-3-8-34(39)32-20-24-41-38(27-32)36-10-7-25-44-43(36)45(41)33-21-15-29(2)16-22-33/h3-27H,1-2H3. The molecule has 0 aliphatic carbocycles. The molecule has 3 aromatic heterocycles. The van der Waals surface area contributed by atoms with E-state index >= 15 is 0 Å². The lowest BCUT2D eigenvalue weighted by atomic mass is 10.0. The van der Waals surface area contributed by atoms with Crippen LogP contribution in [-0.2, 0) is 0 Å². The molecule has 3 heterocycles. The van der Waals surface area contributed by atoms with E-state index in [-0.39, 0.29) is 0 Å². The van der Waals surface area contributed by atoms with Crippen LogP contribution in [0.4, 0.5) is 0 Å². The van der Waals surface area contributed by atoms with Gasteiger partial charge in [-0.15, -0.1) is 0 Å². The highest BCUT2D eigenvalue weighted by Gasteiger charge is 2.18. The van der Waals surface area contributed by atoms with Crippen molar-refractivity contribution in [3.05, 3.63) is 163 Å². The molecule has 0 atom stereocenters. The van der Waals surface area contributed by atoms with Gasteiger partial charge < -0.3 is 4.57 Å². The Labute approximate surface area is 267 Å². The smallest absolute Gasteiger partial charge is 0.145 e. The monoisotopic (exact) mass is 589 g/mol. The van der Waals surface area contributed by atoms with Crippen molar-refractivity contribution < 1.29 is 0 Å². The number of benzene rings is 6. The van der Waals surface area contributed by atoms with Gasteiger partial charge in [-0.3, -0.25) is 4.57 Å². The van der Waals surface area contributed by atoms with Crippen molar-refractivity contribution in [2.24, 2.45) is 0 Å². The van der Waals surface area contributed by atoms with Crippen molar-refractivity contribution in [2.45, 2.75) is 13.8 Å². The minimum Gasteiger partial charge on any atom is -0.309 e. The van der Waals surface area contributed by atoms with E-state index in [1.54, 1.807) is 0 Å². The Balaban J connectivity index is 1.26. The van der Waals surface area contributed by atoms with Crippen LogP contribution in [0.15, 0.2) is 152 Å². The van der Waals surface area contributed by atoms with Crippen LogP contribution >= 0.6 is 0 Å². The second-order valence-electron chi connectivity index (χ2n) is 12.2. The number of pyridine rings is 1. The molecule has 0 saturated carbocycles. The molecule has 46 heavy (non-hydrogen) atoms. The molecule has 218 valence electrons. The normalized spacial score (nSPS) is 11.7. The maximum absolute atomic E-state index is 4.84. The molecular weight excluding hydrogens is 558 g/mol. The molecule has 0 amide bonds. The highest BCUT2D eigenvalue weighted by Crippen LogP contribution is 2.40. The van der Waals surface area contributed by atoms with Crippen LogP contribution in [0.5, 0.6) is 0 Å². The molecule has 6 aromatic carbocycles. The van der Waals surface area contributed by atoms with Crippen LogP contribution in [0.25, 0.3) is 77.4 Å². The van der Waals surface area contributed by atoms with Crippen molar-refractivity contribution in [3.63, 3.8) is 0 Å². The molecule has 0 saturated heterocycles. The zero-order valence-electron chi connectivity index (χ0n) is 25.8. The molecule has 0 radical (unpaired) electrons. The van der Waals surface area contributed by atoms with Crippen molar-refractivity contribution in [1.29, 1.82) is 0 Å². The van der Waals surface area contributed by atoms with Crippen molar-refractivity contribution >= 4 is 43.7 Å². The first-order chi connectivity index (χ1) is 22.6. The molecule has 0 fully saturated rings. The number of aromatic nitrogens is 3. The number of para-hydroxylation sites is 2. The van der Waals surface area contributed by atoms with Crippen LogP contribution in [0.2, 0.25) is 0 Å². The predicted molar refractivity (Wildman–Crippen MR) is 193 cm³/mol. The second-order valence-corrected chi connectivity index (χ2v) is 12.2. The summed E-state index contributed by atoms with van der Waals surface area (Å²) in [5.74, 6) is 0. The number of rotatable bonds is 4. The van der Waals surface area contributed by atoms with E-state index in [0.29, 0.717) is 0 Å². The number of aryl methyl sites for hydroxylation is 2. The summed E-state index contributed by atoms with van der Waals surface area (Å²) in [5.41, 5.74) is 14.2. The van der Waals surface area contributed by atoms with Crippen LogP contribution in [0.3, 0.4) is 0 Å². The van der Waals surface area contributed by atoms with Crippen LogP contribution in [0, 0.1) is 13.8 Å². The molecule has 0 N–H and O–H groups in total. The van der Waals surface area contributed by atoms with Crippen molar-refractivity contribution in [1.82, 2.24) is 14.1 Å². The third kappa shape index (κ3) is 4.09. The van der Waals surface area contributed by atoms with Crippen LogP contribution < -0.4 is 0 Å². The fraction of sp³-hybridized carbons (Fsp3) is 0.0465. The Hall–Kier alpha value is -5.93. The lowest BCUT2D eigenvalue weighted by molar-refractivity contribution is 1.13. The Morgan fingerprint density at radius 3 is 1.85 bits per heavy atom. The van der Waals surface area contributed by atoms with Gasteiger partial charge in [0.1, 0.15) is 5.65 Å². The number of fused-ring (bicyclic) bond motifs is 6. The van der Waals surface area contributed by atoms with E-state index in [1.807, 2.05) is 12.3 Å². The van der Waals surface area contributed by atoms with Crippen molar-refractivity contribution in [2.75, 3.05) is 0 Å². The lowest BCUT2D eigenvalue weighted by Crippen LogP contribution is -1.97. The summed E-state index contributed by atoms with van der Waals surface area (Å²) in [5, 5.41) is 4.86. The minimum atomic E-state index is 0.971. The molecule has 9 aromatic rings. The third-order valence-corrected chi connectivity index (χ3v) is 9.33. The summed E-state index contributed by atoms with van der Waals surface area (Å²) in [6.07, 6.45) is 1.88. The quantitative estimate of drug-likeness (QED) is 0.200. The largest absolute Gasteiger partial charge is 0.309 e. The van der Waals surface area contributed by atoms with Crippen molar-refractivity contribution in [3.8, 4) is 33.6 Å². The topological polar surface area (TPSA) is 22.8 Å². The average molecular weight is 590 g/mol. The second kappa shape index (κ2) is 10.3. The Bertz CT molecular complexity index is 2580. The van der Waals surface area contributed by atoms with E-state index in [4.69, 9.17) is 4.98 Å². The third-order valence-electron chi connectivity index (χ3n) is 9.33. The first-order valence-electron chi connectivity index (χ1n) is 15.8. The Morgan fingerprint density at radius 1 is 0.435 bits per heavy atom. The molecule has 0 aliphatic rings. The summed E-state index contributed by atoms with van der Waals surface area (Å²) in [4.78, 5) is 4.84. The first kappa shape index (κ1) is 26.5. The summed E-state index contributed by atoms with van der Waals surface area (Å²) in [6, 6.07) is 53.0. The fourth-order valence-corrected chi connectivity index (χ4v) is 7.04. The van der Waals surface area contributed by atoms with Gasteiger partial charge in [-0.2, -0.15) is 0 Å². The number of hydrogen-bond acceptors (Lipinski definition) is 1. The predicted octanol–water partition coefficient (Wildman–Crippen LogP) is 11.2. The zero-order valence-corrected chi connectivity index (χ0v) is 25.8. The van der Waals surface area contributed by atoms with Gasteiger partial charge in [-0.1, -0.05) is 96.1 Å². The van der Waals surface area contributed by atoms with Crippen LogP contribution in [-0.4, -0.2) is 14.1 Å². The number of nitrogens with zero attached hydrogens (tertiary/aromatic N) is 3. The summed E-state index contributed by atoms with van der Waals surface area (Å²) in [7, 11) is 0. The molecule has 0 aliphatic heterocycles. The minimum absolute atomic E-state index is 0.971. The van der Waals surface area contributed by atoms with E-state index in [1.165, 1.54) is 60.6 Å². The van der Waals surface area contributed by atoms with Gasteiger partial charge in [-0.25, -0.2) is 4.98 Å². The maximum atomic E-state index is 4.84. The molecule has 3 nitrogen and oxygen atoms in total. The molecule has 9 rings (SSSR count). The average Bonchev–Trinajstić information content (AvgIpc) is 3.61. The van der Waals surface area contributed by atoms with E-state index in [2.05, 4.69) is 163 Å². The Kier molecular flexibility index (Phi) is 5.94. The highest BCUT2D eigenvalue weighted by molar-refractivity contribution is 6.12. The summed E-state index contributed by atoms with van der Waals surface area (Å²) < 4.78 is 4.71. The van der Waals surface area contributed by atoms with Gasteiger partial charge in [-0.05, 0) is 91.2 Å². The Morgan fingerprint density at radius 2 is 1.02 bits per heavy atom. The maximum Gasteiger partial charge on any atom is 0.145 e. The van der Waals surface area contributed by atoms with E-state index in [9.17, 15) is 0 Å². The fourth-order valence-electron chi connectivity index (χ4n) is 7.04. The van der Waals surface area contributed by atoms with Gasteiger partial charge in [0.2, 0.25) is 0 Å². The van der Waals surface area contributed by atoms with Crippen LogP contribution in [0.1, 0.15) is 11.1 Å². The molecular formula is C43H31N3. The highest BCUT2D eigenvalue weighted by atomic mass is 15.0. The van der Waals surface area contributed by atoms with Gasteiger partial charge in [0.05, 0.1) is 22.2 Å². The molecule has 0 bridgehead atoms. The zero-order chi connectivity index (χ0) is 30.8. The molecule has 0 spiro atoms. The lowest BCUT2D eigenvalue weighted by Gasteiger charge is -2.15. The molecule has 0 unspecified atom stereocenters. The van der Waals surface area contributed by atoms with Gasteiger partial charge in [0, 0.05) is 39.0 Å². The van der Waals surface area contributed by atoms with Gasteiger partial charge >= 0.3 is 0 Å². The number of hydrogen-bond donors (Lipinski definition) is 0. The van der Waals surface area contributed by atoms with E-state index in [0.717, 1.165) is 27.9 Å². The van der Waals surface area contributed by atoms with Gasteiger partial charge in [0.15, 0.2) is 0 Å². The summed E-state index contributed by atoms with van der Waals surface area (Å²) in [6.45, 7) is 4.26. The summed E-state index contributed by atoms with van der Waals surface area (Å²) >= 11 is 0. The first-order valence-corrected chi connectivity index (χ1v) is 15.8. The van der Waals surface area contributed by atoms with Gasteiger partial charge in [0.25, 0.3) is 0 Å². The SMILES string of the molecule is Cc1ccc(-c2ccc3c(c2)c2ccccc2n3-c2ccccc2-c2ccc3c(c2)c2cccnc2n3-c2ccc(C)cc2)cc1. The van der Waals surface area contributed by atoms with E-state index < -0.39 is 0 Å². The molecule has 3 heteroatoms.